The molecule has 0 atom stereocenters. The summed E-state index contributed by atoms with van der Waals surface area (Å²) in [5.74, 6) is -7.73. The molecule has 0 radical (unpaired) electrons. The van der Waals surface area contributed by atoms with Crippen LogP contribution in [0.1, 0.15) is 62.1 Å². The Hall–Kier alpha value is -7.89. The molecule has 0 saturated carbocycles. The van der Waals surface area contributed by atoms with E-state index in [9.17, 15) is 59.4 Å². The molecule has 6 aromatic rings. The van der Waals surface area contributed by atoms with Gasteiger partial charge in [-0.25, -0.2) is 0 Å². The topological polar surface area (TPSA) is 315 Å². The van der Waals surface area contributed by atoms with Gasteiger partial charge in [-0.3, -0.25) is 0 Å². The van der Waals surface area contributed by atoms with Gasteiger partial charge in [-0.1, -0.05) is 0 Å². The summed E-state index contributed by atoms with van der Waals surface area (Å²) in [5.41, 5.74) is -0.725. The fraction of sp³-hybridized carbons (Fsp3) is 0. The van der Waals surface area contributed by atoms with E-state index in [2.05, 4.69) is 14.6 Å². The second-order valence-corrected chi connectivity index (χ2v) is 21.7. The Balaban J connectivity index is 1.49. The molecular weight excluding hydrogens is 927 g/mol. The molecule has 1 saturated heterocycles. The number of carbonyl (C=O) groups is 6. The standard InChI is InChI=1S/C42H36N3O18P3/c46-37(47)25-1-13-31(14-2-25)58-64(59-32-15-3-26(4-16-32)38(48)49)43-65(60-33-17-5-27(6-18-33)39(50)51,61-34-19-7-28(8-20-34)40(52)53)45-66(44-64,62-35-21-9-29(10-22-35)41(54)55)63-36-23-11-30(12-24-36)42(56)57/h1-24,43-45,64-66H,(H,46,47)(H,48,49)(H,50,51)(H,52,53)(H,54,55)(H,56,57). The van der Waals surface area contributed by atoms with Crippen molar-refractivity contribution in [3.8, 4) is 34.5 Å². The zero-order valence-corrected chi connectivity index (χ0v) is 36.4. The molecule has 1 aliphatic heterocycles. The Bertz CT molecular complexity index is 2300. The predicted octanol–water partition coefficient (Wildman–Crippen LogP) is 7.66. The van der Waals surface area contributed by atoms with E-state index in [0.29, 0.717) is 0 Å². The number of benzene rings is 6. The molecule has 0 bridgehead atoms. The third-order valence-corrected chi connectivity index (χ3v) is 20.2. The minimum absolute atomic E-state index is 0.0326. The summed E-state index contributed by atoms with van der Waals surface area (Å²) in [6, 6.07) is 30.5. The monoisotopic (exact) mass is 963 g/mol. The quantitative estimate of drug-likeness (QED) is 0.0373. The van der Waals surface area contributed by atoms with E-state index in [0.717, 1.165) is 0 Å². The van der Waals surface area contributed by atoms with Gasteiger partial charge in [0, 0.05) is 0 Å². The van der Waals surface area contributed by atoms with Gasteiger partial charge in [-0.2, -0.15) is 0 Å². The van der Waals surface area contributed by atoms with Crippen LogP contribution in [0.2, 0.25) is 0 Å². The summed E-state index contributed by atoms with van der Waals surface area (Å²) in [5, 5.41) is 58.1. The molecule has 24 heteroatoms. The van der Waals surface area contributed by atoms with Crippen LogP contribution in [0.15, 0.2) is 146 Å². The van der Waals surface area contributed by atoms with Crippen LogP contribution in [0, 0.1) is 0 Å². The molecule has 1 fully saturated rings. The summed E-state index contributed by atoms with van der Waals surface area (Å²) < 4.78 is 40.2. The van der Waals surface area contributed by atoms with Gasteiger partial charge in [-0.15, -0.1) is 0 Å². The van der Waals surface area contributed by atoms with Crippen LogP contribution in [-0.4, -0.2) is 66.5 Å². The fourth-order valence-electron chi connectivity index (χ4n) is 6.10. The molecule has 342 valence electrons. The molecule has 21 nitrogen and oxygen atoms in total. The molecule has 0 unspecified atom stereocenters. The molecular formula is C42H36N3O18P3. The molecule has 0 spiro atoms. The molecule has 0 aromatic heterocycles. The summed E-state index contributed by atoms with van der Waals surface area (Å²) in [7, 11) is -14.6. The van der Waals surface area contributed by atoms with Crippen LogP contribution >= 0.6 is 24.1 Å². The van der Waals surface area contributed by atoms with Gasteiger partial charge in [0.1, 0.15) is 0 Å². The van der Waals surface area contributed by atoms with Crippen molar-refractivity contribution in [3.05, 3.63) is 179 Å². The number of rotatable bonds is 18. The SMILES string of the molecule is O=C(O)c1ccc(O[PH]2(Oc3ccc(C(=O)O)cc3)N[PH](Oc3ccc(C(=O)O)cc3)(Oc3ccc(C(=O)O)cc3)N[PH](Oc3ccc(C(=O)O)cc3)(Oc3ccc(C(=O)O)cc3)N2)cc1. The Labute approximate surface area is 373 Å². The number of carboxylic acids is 6. The zero-order valence-electron chi connectivity index (χ0n) is 33.4. The summed E-state index contributed by atoms with van der Waals surface area (Å²) >= 11 is 0. The van der Waals surface area contributed by atoms with Crippen LogP contribution in [0.25, 0.3) is 0 Å². The first-order valence-electron chi connectivity index (χ1n) is 18.9. The van der Waals surface area contributed by atoms with Gasteiger partial charge < -0.3 is 0 Å². The number of hydrogen-bond donors (Lipinski definition) is 9. The van der Waals surface area contributed by atoms with Crippen molar-refractivity contribution in [2.75, 3.05) is 0 Å². The van der Waals surface area contributed by atoms with Gasteiger partial charge in [-0.05, 0) is 0 Å². The first-order chi connectivity index (χ1) is 31.4. The second-order valence-electron chi connectivity index (χ2n) is 13.8. The third kappa shape index (κ3) is 11.1. The van der Waals surface area contributed by atoms with Crippen molar-refractivity contribution in [1.29, 1.82) is 0 Å². The summed E-state index contributed by atoms with van der Waals surface area (Å²) in [4.78, 5) is 80.8. The number of hydrogen-bond acceptors (Lipinski definition) is 15. The van der Waals surface area contributed by atoms with Crippen molar-refractivity contribution in [1.82, 2.24) is 14.6 Å². The van der Waals surface area contributed by atoms with E-state index >= 15 is 0 Å². The molecule has 6 aromatic carbocycles. The molecule has 9 N–H and O–H groups in total. The van der Waals surface area contributed by atoms with Crippen molar-refractivity contribution < 1.29 is 86.5 Å². The van der Waals surface area contributed by atoms with Crippen molar-refractivity contribution in [2.45, 2.75) is 0 Å². The molecule has 66 heavy (non-hydrogen) atoms. The average molecular weight is 964 g/mol. The Morgan fingerprint density at radius 2 is 0.379 bits per heavy atom. The maximum atomic E-state index is 11.9. The van der Waals surface area contributed by atoms with Crippen LogP contribution in [-0.2, 0) is 0 Å². The first kappa shape index (κ1) is 46.1. The van der Waals surface area contributed by atoms with E-state index in [4.69, 9.17) is 27.1 Å². The summed E-state index contributed by atoms with van der Waals surface area (Å²) in [6.07, 6.45) is 0. The Kier molecular flexibility index (Phi) is 13.3. The summed E-state index contributed by atoms with van der Waals surface area (Å²) in [6.45, 7) is 0. The van der Waals surface area contributed by atoms with Crippen LogP contribution < -0.4 is 41.7 Å². The molecule has 0 amide bonds. The van der Waals surface area contributed by atoms with Crippen molar-refractivity contribution in [2.24, 2.45) is 0 Å². The molecule has 1 aliphatic rings. The average Bonchev–Trinajstić information content (AvgIpc) is 3.27. The van der Waals surface area contributed by atoms with E-state index < -0.39 is 59.9 Å². The van der Waals surface area contributed by atoms with Crippen LogP contribution in [0.4, 0.5) is 0 Å². The van der Waals surface area contributed by atoms with E-state index in [1.165, 1.54) is 146 Å². The number of nitrogens with one attached hydrogen (secondary N) is 3. The number of aromatic carboxylic acids is 6. The van der Waals surface area contributed by atoms with Crippen molar-refractivity contribution in [3.63, 3.8) is 0 Å². The molecule has 1 heterocycles. The fourth-order valence-corrected chi connectivity index (χ4v) is 19.1. The van der Waals surface area contributed by atoms with Crippen LogP contribution in [0.5, 0.6) is 34.5 Å². The Morgan fingerprint density at radius 3 is 0.485 bits per heavy atom. The first-order valence-corrected chi connectivity index (χ1v) is 24.4. The number of carboxylic acid groups (broad SMARTS) is 6. The molecule has 7 rings (SSSR count). The van der Waals surface area contributed by atoms with E-state index in [1.54, 1.807) is 0 Å². The Morgan fingerprint density at radius 1 is 0.258 bits per heavy atom. The van der Waals surface area contributed by atoms with Gasteiger partial charge in [0.25, 0.3) is 0 Å². The zero-order chi connectivity index (χ0) is 47.2. The van der Waals surface area contributed by atoms with Gasteiger partial charge in [0.2, 0.25) is 0 Å². The van der Waals surface area contributed by atoms with Gasteiger partial charge in [0.05, 0.1) is 0 Å². The maximum absolute atomic E-state index is 11.9. The third-order valence-electron chi connectivity index (χ3n) is 9.16. The van der Waals surface area contributed by atoms with Gasteiger partial charge in [0.15, 0.2) is 0 Å². The van der Waals surface area contributed by atoms with E-state index in [-0.39, 0.29) is 67.9 Å². The normalized spacial score (nSPS) is 15.8. The van der Waals surface area contributed by atoms with E-state index in [1.807, 2.05) is 0 Å². The van der Waals surface area contributed by atoms with Gasteiger partial charge >= 0.3 is 374 Å². The van der Waals surface area contributed by atoms with Crippen molar-refractivity contribution >= 4 is 59.9 Å². The molecule has 0 aliphatic carbocycles. The second kappa shape index (κ2) is 19.1. The minimum atomic E-state index is -4.87. The van der Waals surface area contributed by atoms with Crippen LogP contribution in [0.3, 0.4) is 0 Å². The predicted molar refractivity (Wildman–Crippen MR) is 239 cm³/mol.